The van der Waals surface area contributed by atoms with Crippen molar-refractivity contribution >= 4 is 11.8 Å². The Morgan fingerprint density at radius 3 is 2.39 bits per heavy atom. The molecule has 2 rings (SSSR count). The zero-order valence-corrected chi connectivity index (χ0v) is 15.7. The van der Waals surface area contributed by atoms with Crippen molar-refractivity contribution in [1.29, 1.82) is 0 Å². The van der Waals surface area contributed by atoms with Crippen molar-refractivity contribution in [2.24, 2.45) is 0 Å². The van der Waals surface area contributed by atoms with Crippen LogP contribution >= 0.6 is 0 Å². The molecule has 0 aliphatic carbocycles. The van der Waals surface area contributed by atoms with Crippen LogP contribution in [-0.4, -0.2) is 52.7 Å². The number of halogens is 3. The normalized spacial score (nSPS) is 18.2. The average Bonchev–Trinajstić information content (AvgIpc) is 2.59. The Bertz CT molecular complexity index is 807. The minimum absolute atomic E-state index is 0.0110. The molecule has 1 aliphatic rings. The molecule has 0 unspecified atom stereocenters. The standard InChI is InChI=1S/C17H23F3N4O4/c1-16(2,3)28-15(25)21-23-8-6-22(7-9-23)11-12-4-5-13(24(26)27)10-14(12)17(18,19)20/h4-5,10H,6-9,11H2,1-3H3,(H,21,25)/i11D2. The monoisotopic (exact) mass is 406 g/mol. The lowest BCUT2D eigenvalue weighted by Crippen LogP contribution is -2.54. The van der Waals surface area contributed by atoms with E-state index in [1.54, 1.807) is 20.8 Å². The first-order chi connectivity index (χ1) is 13.6. The van der Waals surface area contributed by atoms with Gasteiger partial charge in [0.2, 0.25) is 0 Å². The molecule has 1 N–H and O–H groups in total. The average molecular weight is 406 g/mol. The van der Waals surface area contributed by atoms with E-state index in [1.807, 2.05) is 0 Å². The van der Waals surface area contributed by atoms with E-state index in [-0.39, 0.29) is 26.2 Å². The Morgan fingerprint density at radius 1 is 1.29 bits per heavy atom. The predicted molar refractivity (Wildman–Crippen MR) is 94.3 cm³/mol. The van der Waals surface area contributed by atoms with Gasteiger partial charge in [-0.25, -0.2) is 9.80 Å². The molecule has 0 saturated carbocycles. The lowest BCUT2D eigenvalue weighted by atomic mass is 10.0. The number of hydrogen-bond acceptors (Lipinski definition) is 6. The zero-order valence-electron chi connectivity index (χ0n) is 17.7. The minimum Gasteiger partial charge on any atom is -0.443 e. The van der Waals surface area contributed by atoms with Crippen LogP contribution in [0.5, 0.6) is 0 Å². The number of hydrogen-bond donors (Lipinski definition) is 1. The van der Waals surface area contributed by atoms with E-state index in [0.29, 0.717) is 6.07 Å². The Balaban J connectivity index is 2.16. The Morgan fingerprint density at radius 2 is 1.89 bits per heavy atom. The molecular formula is C17H23F3N4O4. The highest BCUT2D eigenvalue weighted by Crippen LogP contribution is 2.35. The number of piperazine rings is 1. The number of hydrazine groups is 1. The lowest BCUT2D eigenvalue weighted by Gasteiger charge is -2.35. The molecule has 11 heteroatoms. The summed E-state index contributed by atoms with van der Waals surface area (Å²) in [6.45, 7) is 2.87. The molecule has 0 bridgehead atoms. The molecule has 0 radical (unpaired) electrons. The fourth-order valence-corrected chi connectivity index (χ4v) is 2.51. The molecule has 0 atom stereocenters. The van der Waals surface area contributed by atoms with Crippen LogP contribution in [0.1, 0.15) is 34.6 Å². The third kappa shape index (κ3) is 6.34. The topological polar surface area (TPSA) is 88.0 Å². The maximum atomic E-state index is 13.5. The van der Waals surface area contributed by atoms with Gasteiger partial charge in [-0.05, 0) is 26.3 Å². The van der Waals surface area contributed by atoms with Gasteiger partial charge in [0.25, 0.3) is 5.69 Å². The molecule has 1 amide bonds. The van der Waals surface area contributed by atoms with E-state index < -0.39 is 46.1 Å². The van der Waals surface area contributed by atoms with Crippen molar-refractivity contribution in [3.8, 4) is 0 Å². The van der Waals surface area contributed by atoms with Crippen LogP contribution in [-0.2, 0) is 17.4 Å². The first-order valence-electron chi connectivity index (χ1n) is 9.47. The van der Waals surface area contributed by atoms with Gasteiger partial charge in [-0.15, -0.1) is 0 Å². The van der Waals surface area contributed by atoms with E-state index >= 15 is 0 Å². The SMILES string of the molecule is [2H]C([2H])(c1ccc([N+](=O)[O-])cc1C(F)(F)F)N1CCN(NC(=O)OC(C)(C)C)CC1. The van der Waals surface area contributed by atoms with Gasteiger partial charge in [-0.3, -0.25) is 20.4 Å². The van der Waals surface area contributed by atoms with E-state index in [9.17, 15) is 28.1 Å². The number of nitro groups is 1. The van der Waals surface area contributed by atoms with E-state index in [4.69, 9.17) is 7.48 Å². The van der Waals surface area contributed by atoms with Gasteiger partial charge < -0.3 is 4.74 Å². The quantitative estimate of drug-likeness (QED) is 0.610. The third-order valence-electron chi connectivity index (χ3n) is 3.73. The van der Waals surface area contributed by atoms with E-state index in [2.05, 4.69) is 5.43 Å². The minimum atomic E-state index is -4.96. The van der Waals surface area contributed by atoms with Crippen molar-refractivity contribution < 1.29 is 30.4 Å². The maximum absolute atomic E-state index is 13.5. The van der Waals surface area contributed by atoms with Crippen molar-refractivity contribution in [2.45, 2.75) is 39.0 Å². The number of alkyl halides is 3. The van der Waals surface area contributed by atoms with Crippen LogP contribution < -0.4 is 5.43 Å². The number of carbonyl (C=O) groups is 1. The number of ether oxygens (including phenoxy) is 1. The predicted octanol–water partition coefficient (Wildman–Crippen LogP) is 3.17. The van der Waals surface area contributed by atoms with Gasteiger partial charge in [0.15, 0.2) is 0 Å². The van der Waals surface area contributed by atoms with Crippen LogP contribution in [0.15, 0.2) is 18.2 Å². The second-order valence-corrected chi connectivity index (χ2v) is 7.18. The van der Waals surface area contributed by atoms with Gasteiger partial charge in [0, 0.05) is 47.6 Å². The van der Waals surface area contributed by atoms with Crippen LogP contribution in [0.25, 0.3) is 0 Å². The first-order valence-corrected chi connectivity index (χ1v) is 8.47. The second kappa shape index (κ2) is 8.31. The molecule has 1 aromatic rings. The molecule has 0 aromatic heterocycles. The van der Waals surface area contributed by atoms with Gasteiger partial charge in [-0.2, -0.15) is 13.2 Å². The third-order valence-corrected chi connectivity index (χ3v) is 3.73. The molecule has 1 saturated heterocycles. The second-order valence-electron chi connectivity index (χ2n) is 7.18. The summed E-state index contributed by atoms with van der Waals surface area (Å²) in [5, 5.41) is 12.3. The van der Waals surface area contributed by atoms with Crippen molar-refractivity contribution in [1.82, 2.24) is 15.3 Å². The summed E-state index contributed by atoms with van der Waals surface area (Å²) in [6.07, 6.45) is -5.65. The summed E-state index contributed by atoms with van der Waals surface area (Å²) in [4.78, 5) is 22.9. The highest BCUT2D eigenvalue weighted by atomic mass is 19.4. The molecule has 8 nitrogen and oxygen atoms in total. The number of nitrogens with zero attached hydrogens (tertiary/aromatic N) is 3. The largest absolute Gasteiger partial charge is 0.443 e. The number of carbonyl (C=O) groups excluding carboxylic acids is 1. The Kier molecular flexibility index (Phi) is 5.62. The fourth-order valence-electron chi connectivity index (χ4n) is 2.51. The molecule has 1 aromatic carbocycles. The molecular weight excluding hydrogens is 381 g/mol. The summed E-state index contributed by atoms with van der Waals surface area (Å²) >= 11 is 0. The number of amides is 1. The van der Waals surface area contributed by atoms with Crippen molar-refractivity contribution in [2.75, 3.05) is 26.2 Å². The smallest absolute Gasteiger partial charge is 0.422 e. The van der Waals surface area contributed by atoms with E-state index in [0.717, 1.165) is 12.1 Å². The summed E-state index contributed by atoms with van der Waals surface area (Å²) < 4.78 is 62.0. The van der Waals surface area contributed by atoms with Crippen LogP contribution in [0, 0.1) is 10.1 Å². The van der Waals surface area contributed by atoms with Crippen LogP contribution in [0.4, 0.5) is 23.7 Å². The summed E-state index contributed by atoms with van der Waals surface area (Å²) in [6, 6.07) is 1.99. The van der Waals surface area contributed by atoms with Crippen LogP contribution in [0.2, 0.25) is 0 Å². The Labute approximate surface area is 163 Å². The van der Waals surface area contributed by atoms with Gasteiger partial charge in [-0.1, -0.05) is 6.07 Å². The van der Waals surface area contributed by atoms with E-state index in [1.165, 1.54) is 9.91 Å². The zero-order chi connectivity index (χ0) is 22.9. The highest BCUT2D eigenvalue weighted by Gasteiger charge is 2.35. The van der Waals surface area contributed by atoms with Crippen LogP contribution in [0.3, 0.4) is 0 Å². The molecule has 1 fully saturated rings. The lowest BCUT2D eigenvalue weighted by molar-refractivity contribution is -0.385. The van der Waals surface area contributed by atoms with Gasteiger partial charge in [0.05, 0.1) is 10.5 Å². The number of rotatable bonds is 4. The summed E-state index contributed by atoms with van der Waals surface area (Å²) in [5.74, 6) is 0. The molecule has 156 valence electrons. The molecule has 28 heavy (non-hydrogen) atoms. The highest BCUT2D eigenvalue weighted by molar-refractivity contribution is 5.67. The van der Waals surface area contributed by atoms with Gasteiger partial charge in [0.1, 0.15) is 5.60 Å². The first kappa shape index (κ1) is 18.9. The number of benzene rings is 1. The fraction of sp³-hybridized carbons (Fsp3) is 0.588. The Hall–Kier alpha value is -2.40. The number of nitro benzene ring substituents is 1. The molecule has 1 aliphatic heterocycles. The number of nitrogens with one attached hydrogen (secondary N) is 1. The van der Waals surface area contributed by atoms with Gasteiger partial charge >= 0.3 is 12.3 Å². The summed E-state index contributed by atoms with van der Waals surface area (Å²) in [7, 11) is 0. The number of non-ortho nitro benzene ring substituents is 1. The van der Waals surface area contributed by atoms with Crippen molar-refractivity contribution in [3.05, 3.63) is 39.4 Å². The van der Waals surface area contributed by atoms with Crippen molar-refractivity contribution in [3.63, 3.8) is 0 Å². The molecule has 0 spiro atoms. The molecule has 1 heterocycles. The summed E-state index contributed by atoms with van der Waals surface area (Å²) in [5.41, 5.74) is -1.05. The maximum Gasteiger partial charge on any atom is 0.422 e.